The van der Waals surface area contributed by atoms with E-state index in [0.717, 1.165) is 11.3 Å². The highest BCUT2D eigenvalue weighted by Crippen LogP contribution is 2.21. The van der Waals surface area contributed by atoms with Crippen molar-refractivity contribution in [3.63, 3.8) is 0 Å². The molecule has 0 saturated carbocycles. The van der Waals surface area contributed by atoms with Gasteiger partial charge in [-0.1, -0.05) is 18.2 Å². The third kappa shape index (κ3) is 3.78. The number of hydrogen-bond acceptors (Lipinski definition) is 4. The fourth-order valence-electron chi connectivity index (χ4n) is 2.69. The normalized spacial score (nSPS) is 17.0. The van der Waals surface area contributed by atoms with Gasteiger partial charge in [0.15, 0.2) is 6.10 Å². The molecule has 0 spiro atoms. The summed E-state index contributed by atoms with van der Waals surface area (Å²) in [5.74, 6) is 0.414. The Morgan fingerprint density at radius 1 is 1.23 bits per heavy atom. The number of nitrogens with zero attached hydrogens (tertiary/aromatic N) is 1. The molecule has 120 valence electrons. The summed E-state index contributed by atoms with van der Waals surface area (Å²) in [5.41, 5.74) is 1.01. The molecule has 0 aliphatic carbocycles. The van der Waals surface area contributed by atoms with E-state index in [9.17, 15) is 9.59 Å². The average Bonchev–Trinajstić information content (AvgIpc) is 2.55. The number of ether oxygens (including phenoxy) is 2. The second-order valence-electron chi connectivity index (χ2n) is 5.65. The van der Waals surface area contributed by atoms with Crippen LogP contribution in [0, 0.1) is 12.8 Å². The number of amides is 1. The minimum atomic E-state index is -0.532. The van der Waals surface area contributed by atoms with Crippen LogP contribution in [0.25, 0.3) is 0 Å². The number of methoxy groups -OCH3 is 1. The fourth-order valence-corrected chi connectivity index (χ4v) is 2.69. The molecule has 0 aromatic heterocycles. The monoisotopic (exact) mass is 305 g/mol. The van der Waals surface area contributed by atoms with Gasteiger partial charge in [-0.2, -0.15) is 0 Å². The van der Waals surface area contributed by atoms with E-state index in [1.54, 1.807) is 11.8 Å². The van der Waals surface area contributed by atoms with Gasteiger partial charge in [0.2, 0.25) is 0 Å². The van der Waals surface area contributed by atoms with Crippen molar-refractivity contribution in [2.24, 2.45) is 5.92 Å². The van der Waals surface area contributed by atoms with Gasteiger partial charge in [0.05, 0.1) is 13.0 Å². The molecule has 0 radical (unpaired) electrons. The summed E-state index contributed by atoms with van der Waals surface area (Å²) in [4.78, 5) is 25.7. The van der Waals surface area contributed by atoms with Crippen LogP contribution in [-0.4, -0.2) is 43.1 Å². The second kappa shape index (κ2) is 7.29. The fraction of sp³-hybridized carbons (Fsp3) is 0.529. The first kappa shape index (κ1) is 16.3. The van der Waals surface area contributed by atoms with Gasteiger partial charge >= 0.3 is 5.97 Å². The first-order chi connectivity index (χ1) is 10.5. The molecule has 1 amide bonds. The highest BCUT2D eigenvalue weighted by molar-refractivity contribution is 5.81. The topological polar surface area (TPSA) is 55.8 Å². The number of benzene rings is 1. The van der Waals surface area contributed by atoms with Crippen molar-refractivity contribution in [1.29, 1.82) is 0 Å². The van der Waals surface area contributed by atoms with E-state index < -0.39 is 6.10 Å². The minimum Gasteiger partial charge on any atom is -0.481 e. The van der Waals surface area contributed by atoms with Crippen LogP contribution in [0.1, 0.15) is 25.3 Å². The first-order valence-corrected chi connectivity index (χ1v) is 7.62. The Balaban J connectivity index is 1.89. The SMILES string of the molecule is COC(=O)C1CCN(C(=O)[C@H](C)Oc2ccccc2C)CC1. The molecule has 1 heterocycles. The molecule has 1 aromatic rings. The molecule has 0 bridgehead atoms. The molecule has 1 atom stereocenters. The largest absolute Gasteiger partial charge is 0.481 e. The molecular weight excluding hydrogens is 282 g/mol. The van der Waals surface area contributed by atoms with Gasteiger partial charge in [0.25, 0.3) is 5.91 Å². The number of carbonyl (C=O) groups excluding carboxylic acids is 2. The summed E-state index contributed by atoms with van der Waals surface area (Å²) >= 11 is 0. The van der Waals surface area contributed by atoms with E-state index in [0.29, 0.717) is 25.9 Å². The van der Waals surface area contributed by atoms with Crippen LogP contribution in [0.4, 0.5) is 0 Å². The summed E-state index contributed by atoms with van der Waals surface area (Å²) < 4.78 is 10.5. The third-order valence-corrected chi connectivity index (χ3v) is 4.09. The van der Waals surface area contributed by atoms with Crippen LogP contribution >= 0.6 is 0 Å². The van der Waals surface area contributed by atoms with Gasteiger partial charge in [0, 0.05) is 13.1 Å². The molecule has 1 aliphatic rings. The molecule has 0 unspecified atom stereocenters. The summed E-state index contributed by atoms with van der Waals surface area (Å²) in [6, 6.07) is 7.64. The van der Waals surface area contributed by atoms with Crippen molar-refractivity contribution < 1.29 is 19.1 Å². The number of aryl methyl sites for hydroxylation is 1. The Kier molecular flexibility index (Phi) is 5.41. The zero-order valence-corrected chi connectivity index (χ0v) is 13.4. The second-order valence-corrected chi connectivity index (χ2v) is 5.65. The Bertz CT molecular complexity index is 535. The van der Waals surface area contributed by atoms with Gasteiger partial charge in [-0.25, -0.2) is 0 Å². The van der Waals surface area contributed by atoms with Gasteiger partial charge in [-0.15, -0.1) is 0 Å². The lowest BCUT2D eigenvalue weighted by Crippen LogP contribution is -2.45. The van der Waals surface area contributed by atoms with E-state index in [1.807, 2.05) is 31.2 Å². The molecule has 5 nitrogen and oxygen atoms in total. The first-order valence-electron chi connectivity index (χ1n) is 7.62. The molecular formula is C17H23NO4. The highest BCUT2D eigenvalue weighted by Gasteiger charge is 2.30. The van der Waals surface area contributed by atoms with E-state index in [-0.39, 0.29) is 17.8 Å². The predicted molar refractivity (Wildman–Crippen MR) is 82.6 cm³/mol. The third-order valence-electron chi connectivity index (χ3n) is 4.09. The van der Waals surface area contributed by atoms with Crippen LogP contribution in [0.15, 0.2) is 24.3 Å². The van der Waals surface area contributed by atoms with Crippen molar-refractivity contribution in [2.45, 2.75) is 32.8 Å². The van der Waals surface area contributed by atoms with Crippen molar-refractivity contribution in [1.82, 2.24) is 4.90 Å². The minimum absolute atomic E-state index is 0.0356. The number of likely N-dealkylation sites (tertiary alicyclic amines) is 1. The molecule has 2 rings (SSSR count). The van der Waals surface area contributed by atoms with Crippen LogP contribution in [0.5, 0.6) is 5.75 Å². The van der Waals surface area contributed by atoms with Crippen molar-refractivity contribution in [3.05, 3.63) is 29.8 Å². The lowest BCUT2D eigenvalue weighted by molar-refractivity contribution is -0.150. The summed E-state index contributed by atoms with van der Waals surface area (Å²) in [6.45, 7) is 4.86. The van der Waals surface area contributed by atoms with Gasteiger partial charge in [-0.3, -0.25) is 9.59 Å². The number of esters is 1. The molecule has 0 N–H and O–H groups in total. The van der Waals surface area contributed by atoms with E-state index in [4.69, 9.17) is 9.47 Å². The van der Waals surface area contributed by atoms with Gasteiger partial charge < -0.3 is 14.4 Å². The molecule has 1 aliphatic heterocycles. The summed E-state index contributed by atoms with van der Waals surface area (Å²) in [6.07, 6.45) is 0.765. The Morgan fingerprint density at radius 3 is 2.45 bits per heavy atom. The maximum atomic E-state index is 12.4. The molecule has 22 heavy (non-hydrogen) atoms. The van der Waals surface area contributed by atoms with Crippen molar-refractivity contribution in [2.75, 3.05) is 20.2 Å². The van der Waals surface area contributed by atoms with E-state index in [2.05, 4.69) is 0 Å². The molecule has 1 aromatic carbocycles. The number of carbonyl (C=O) groups is 2. The molecule has 1 fully saturated rings. The molecule has 1 saturated heterocycles. The lowest BCUT2D eigenvalue weighted by atomic mass is 9.97. The van der Waals surface area contributed by atoms with Gasteiger partial charge in [-0.05, 0) is 38.3 Å². The molecule has 5 heteroatoms. The zero-order chi connectivity index (χ0) is 16.1. The van der Waals surface area contributed by atoms with Crippen molar-refractivity contribution >= 4 is 11.9 Å². The predicted octanol–water partition coefficient (Wildman–Crippen LogP) is 2.17. The quantitative estimate of drug-likeness (QED) is 0.800. The smallest absolute Gasteiger partial charge is 0.308 e. The number of hydrogen-bond donors (Lipinski definition) is 0. The summed E-state index contributed by atoms with van der Waals surface area (Å²) in [7, 11) is 1.40. The lowest BCUT2D eigenvalue weighted by Gasteiger charge is -2.32. The maximum absolute atomic E-state index is 12.4. The Hall–Kier alpha value is -2.04. The summed E-state index contributed by atoms with van der Waals surface area (Å²) in [5, 5.41) is 0. The maximum Gasteiger partial charge on any atom is 0.308 e. The number of piperidine rings is 1. The van der Waals surface area contributed by atoms with E-state index in [1.165, 1.54) is 7.11 Å². The van der Waals surface area contributed by atoms with Crippen LogP contribution < -0.4 is 4.74 Å². The average molecular weight is 305 g/mol. The highest BCUT2D eigenvalue weighted by atomic mass is 16.5. The number of rotatable bonds is 4. The number of para-hydroxylation sites is 1. The van der Waals surface area contributed by atoms with Crippen LogP contribution in [0.3, 0.4) is 0 Å². The van der Waals surface area contributed by atoms with E-state index >= 15 is 0 Å². The standard InChI is InChI=1S/C17H23NO4/c1-12-6-4-5-7-15(12)22-13(2)16(19)18-10-8-14(9-11-18)17(20)21-3/h4-7,13-14H,8-11H2,1-3H3/t13-/m0/s1. The van der Waals surface area contributed by atoms with Crippen molar-refractivity contribution in [3.8, 4) is 5.75 Å². The van der Waals surface area contributed by atoms with Crippen LogP contribution in [-0.2, 0) is 14.3 Å². The van der Waals surface area contributed by atoms with Gasteiger partial charge in [0.1, 0.15) is 5.75 Å². The zero-order valence-electron chi connectivity index (χ0n) is 13.4. The van der Waals surface area contributed by atoms with Crippen LogP contribution in [0.2, 0.25) is 0 Å². The Morgan fingerprint density at radius 2 is 1.86 bits per heavy atom. The Labute approximate surface area is 131 Å².